The molecule has 2 aliphatic heterocycles. The van der Waals surface area contributed by atoms with Crippen molar-refractivity contribution in [2.24, 2.45) is 0 Å². The molecule has 212 valence electrons. The number of nitrogens with one attached hydrogen (secondary N) is 4. The van der Waals surface area contributed by atoms with Crippen LogP contribution in [0.4, 0.5) is 46.4 Å². The van der Waals surface area contributed by atoms with E-state index < -0.39 is 23.5 Å². The Labute approximate surface area is 226 Å². The van der Waals surface area contributed by atoms with E-state index in [2.05, 4.69) is 36.5 Å². The minimum absolute atomic E-state index is 0.0170. The maximum atomic E-state index is 14.2. The van der Waals surface area contributed by atoms with Crippen LogP contribution in [0.3, 0.4) is 0 Å². The lowest BCUT2D eigenvalue weighted by atomic mass is 10.1. The first-order valence-electron chi connectivity index (χ1n) is 12.6. The van der Waals surface area contributed by atoms with Crippen molar-refractivity contribution in [1.29, 1.82) is 0 Å². The Morgan fingerprint density at radius 1 is 1.10 bits per heavy atom. The fourth-order valence-corrected chi connectivity index (χ4v) is 4.37. The Morgan fingerprint density at radius 3 is 2.58 bits per heavy atom. The highest BCUT2D eigenvalue weighted by Crippen LogP contribution is 2.36. The molecule has 2 fully saturated rings. The van der Waals surface area contributed by atoms with Crippen LogP contribution in [-0.4, -0.2) is 59.7 Å². The molecule has 0 saturated carbocycles. The van der Waals surface area contributed by atoms with E-state index in [1.54, 1.807) is 16.0 Å². The van der Waals surface area contributed by atoms with Gasteiger partial charge in [-0.15, -0.1) is 0 Å². The fraction of sp³-hybridized carbons (Fsp3) is 0.360. The van der Waals surface area contributed by atoms with Crippen molar-refractivity contribution in [1.82, 2.24) is 25.8 Å². The van der Waals surface area contributed by atoms with Crippen LogP contribution >= 0.6 is 0 Å². The zero-order valence-electron chi connectivity index (χ0n) is 21.4. The second-order valence-electron chi connectivity index (χ2n) is 9.28. The summed E-state index contributed by atoms with van der Waals surface area (Å²) in [7, 11) is 0. The van der Waals surface area contributed by atoms with Crippen LogP contribution in [0.2, 0.25) is 0 Å². The number of hydrogen-bond donors (Lipinski definition) is 4. The summed E-state index contributed by atoms with van der Waals surface area (Å²) < 4.78 is 60.2. The largest absolute Gasteiger partial charge is 0.416 e. The molecule has 2 aliphatic rings. The smallest absolute Gasteiger partial charge is 0.378 e. The standard InChI is InChI=1S/C25H27F4N9O2/c1-15-4-5-32-38(15)19-11-16(25(27,28)29)10-18(12-19)33-17-2-3-21(30-13-17)23(39)35-36-24-31-14-20(26)22(34-24)37-6-8-40-9-7-37/h2-3,10-15,32-33H,4-9H2,1H3,(H,35,39)(H,31,34,36). The summed E-state index contributed by atoms with van der Waals surface area (Å²) in [6.07, 6.45) is -1.38. The van der Waals surface area contributed by atoms with E-state index in [1.807, 2.05) is 6.92 Å². The molecule has 3 aromatic rings. The van der Waals surface area contributed by atoms with Gasteiger partial charge in [-0.2, -0.15) is 18.2 Å². The number of alkyl halides is 3. The average Bonchev–Trinajstić information content (AvgIpc) is 3.38. The molecule has 4 heterocycles. The lowest BCUT2D eigenvalue weighted by Crippen LogP contribution is -2.38. The van der Waals surface area contributed by atoms with Gasteiger partial charge in [0.15, 0.2) is 11.6 Å². The zero-order valence-corrected chi connectivity index (χ0v) is 21.4. The number of benzene rings is 1. The fourth-order valence-electron chi connectivity index (χ4n) is 4.37. The first-order chi connectivity index (χ1) is 19.2. The first kappa shape index (κ1) is 27.3. The number of nitrogens with zero attached hydrogens (tertiary/aromatic N) is 5. The van der Waals surface area contributed by atoms with Crippen LogP contribution in [0.15, 0.2) is 42.7 Å². The number of morpholine rings is 1. The number of aromatic nitrogens is 3. The number of rotatable bonds is 7. The number of amides is 1. The Bertz CT molecular complexity index is 1350. The highest BCUT2D eigenvalue weighted by molar-refractivity contribution is 5.93. The van der Waals surface area contributed by atoms with Gasteiger partial charge in [0.1, 0.15) is 5.69 Å². The number of hydrazine groups is 2. The van der Waals surface area contributed by atoms with Crippen LogP contribution in [0, 0.1) is 5.82 Å². The van der Waals surface area contributed by atoms with Gasteiger partial charge in [-0.05, 0) is 43.7 Å². The predicted molar refractivity (Wildman–Crippen MR) is 140 cm³/mol. The molecule has 1 atom stereocenters. The SMILES string of the molecule is CC1CCNN1c1cc(Nc2ccc(C(=O)NNc3ncc(F)c(N4CCOCC4)n3)nc2)cc(C(F)(F)F)c1. The Kier molecular flexibility index (Phi) is 7.84. The molecule has 0 aliphatic carbocycles. The highest BCUT2D eigenvalue weighted by atomic mass is 19.4. The van der Waals surface area contributed by atoms with Gasteiger partial charge in [0.05, 0.1) is 42.5 Å². The molecular weight excluding hydrogens is 534 g/mol. The maximum Gasteiger partial charge on any atom is 0.416 e. The molecule has 2 aromatic heterocycles. The molecule has 1 aromatic carbocycles. The number of pyridine rings is 1. The Hall–Kier alpha value is -4.24. The van der Waals surface area contributed by atoms with Gasteiger partial charge in [0.2, 0.25) is 5.95 Å². The van der Waals surface area contributed by atoms with Gasteiger partial charge in [-0.25, -0.2) is 19.8 Å². The molecule has 1 unspecified atom stereocenters. The summed E-state index contributed by atoms with van der Waals surface area (Å²) >= 11 is 0. The van der Waals surface area contributed by atoms with Crippen LogP contribution in [0.25, 0.3) is 0 Å². The number of halogens is 4. The van der Waals surface area contributed by atoms with E-state index in [0.29, 0.717) is 44.2 Å². The molecule has 0 bridgehead atoms. The second-order valence-corrected chi connectivity index (χ2v) is 9.28. The van der Waals surface area contributed by atoms with E-state index in [1.165, 1.54) is 18.3 Å². The number of carbonyl (C=O) groups is 1. The Balaban J connectivity index is 1.24. The van der Waals surface area contributed by atoms with Crippen LogP contribution < -0.4 is 31.5 Å². The molecule has 2 saturated heterocycles. The van der Waals surface area contributed by atoms with E-state index >= 15 is 0 Å². The molecule has 40 heavy (non-hydrogen) atoms. The number of anilines is 5. The average molecular weight is 562 g/mol. The number of hydrogen-bond acceptors (Lipinski definition) is 10. The Morgan fingerprint density at radius 2 is 1.90 bits per heavy atom. The lowest BCUT2D eigenvalue weighted by molar-refractivity contribution is -0.137. The van der Waals surface area contributed by atoms with Gasteiger partial charge < -0.3 is 20.0 Å². The minimum Gasteiger partial charge on any atom is -0.378 e. The highest BCUT2D eigenvalue weighted by Gasteiger charge is 2.33. The summed E-state index contributed by atoms with van der Waals surface area (Å²) in [6.45, 7) is 4.44. The minimum atomic E-state index is -4.53. The van der Waals surface area contributed by atoms with Crippen molar-refractivity contribution in [3.63, 3.8) is 0 Å². The first-order valence-corrected chi connectivity index (χ1v) is 12.6. The van der Waals surface area contributed by atoms with Crippen molar-refractivity contribution < 1.29 is 27.1 Å². The van der Waals surface area contributed by atoms with Crippen molar-refractivity contribution in [2.75, 3.05) is 53.5 Å². The summed E-state index contributed by atoms with van der Waals surface area (Å²) in [4.78, 5) is 26.3. The normalized spacial score (nSPS) is 17.6. The van der Waals surface area contributed by atoms with Crippen LogP contribution in [-0.2, 0) is 10.9 Å². The summed E-state index contributed by atoms with van der Waals surface area (Å²) in [5.74, 6) is -1.14. The molecular formula is C25H27F4N9O2. The van der Waals surface area contributed by atoms with E-state index in [0.717, 1.165) is 24.8 Å². The summed E-state index contributed by atoms with van der Waals surface area (Å²) in [5, 5.41) is 4.64. The number of carbonyl (C=O) groups excluding carboxylic acids is 1. The summed E-state index contributed by atoms with van der Waals surface area (Å²) in [6, 6.07) is 6.70. The van der Waals surface area contributed by atoms with Gasteiger partial charge in [-0.3, -0.25) is 15.6 Å². The quantitative estimate of drug-likeness (QED) is 0.252. The van der Waals surface area contributed by atoms with Crippen LogP contribution in [0.1, 0.15) is 29.4 Å². The third-order valence-electron chi connectivity index (χ3n) is 6.42. The molecule has 4 N–H and O–H groups in total. The van der Waals surface area contributed by atoms with Crippen molar-refractivity contribution >= 4 is 34.7 Å². The van der Waals surface area contributed by atoms with E-state index in [-0.39, 0.29) is 29.2 Å². The van der Waals surface area contributed by atoms with Crippen molar-refractivity contribution in [3.8, 4) is 0 Å². The van der Waals surface area contributed by atoms with Crippen LogP contribution in [0.5, 0.6) is 0 Å². The van der Waals surface area contributed by atoms with Gasteiger partial charge >= 0.3 is 6.18 Å². The van der Waals surface area contributed by atoms with Gasteiger partial charge in [-0.1, -0.05) is 0 Å². The van der Waals surface area contributed by atoms with E-state index in [9.17, 15) is 22.4 Å². The zero-order chi connectivity index (χ0) is 28.3. The van der Waals surface area contributed by atoms with Gasteiger partial charge in [0.25, 0.3) is 5.91 Å². The topological polar surface area (TPSA) is 120 Å². The molecule has 0 spiro atoms. The molecule has 1 amide bonds. The maximum absolute atomic E-state index is 14.2. The third-order valence-corrected chi connectivity index (χ3v) is 6.42. The van der Waals surface area contributed by atoms with Gasteiger partial charge in [0, 0.05) is 31.4 Å². The lowest BCUT2D eigenvalue weighted by Gasteiger charge is -2.28. The number of ether oxygens (including phenoxy) is 1. The van der Waals surface area contributed by atoms with E-state index in [4.69, 9.17) is 4.74 Å². The molecule has 5 rings (SSSR count). The summed E-state index contributed by atoms with van der Waals surface area (Å²) in [5.41, 5.74) is 8.26. The molecule has 0 radical (unpaired) electrons. The van der Waals surface area contributed by atoms with Crippen molar-refractivity contribution in [3.05, 3.63) is 59.8 Å². The molecule has 11 nitrogen and oxygen atoms in total. The monoisotopic (exact) mass is 561 g/mol. The predicted octanol–water partition coefficient (Wildman–Crippen LogP) is 3.47. The third kappa shape index (κ3) is 6.31. The van der Waals surface area contributed by atoms with Crippen molar-refractivity contribution in [2.45, 2.75) is 25.6 Å². The molecule has 15 heteroatoms. The second kappa shape index (κ2) is 11.5.